The van der Waals surface area contributed by atoms with E-state index < -0.39 is 0 Å². The number of rotatable bonds is 1. The summed E-state index contributed by atoms with van der Waals surface area (Å²) >= 11 is 0. The van der Waals surface area contributed by atoms with Crippen molar-refractivity contribution >= 4 is 16.5 Å². The Kier molecular flexibility index (Phi) is 2.92. The second-order valence-electron chi connectivity index (χ2n) is 4.43. The fourth-order valence-electron chi connectivity index (χ4n) is 1.26. The van der Waals surface area contributed by atoms with Crippen molar-refractivity contribution in [3.05, 3.63) is 0 Å². The maximum Gasteiger partial charge on any atom is 0.149 e. The highest BCUT2D eigenvalue weighted by Gasteiger charge is 2.32. The minimum absolute atomic E-state index is 0.00475. The molecular formula is C9H18N2OS. The first-order valence-electron chi connectivity index (χ1n) is 4.48. The normalized spacial score (nSPS) is 30.2. The predicted octanol–water partition coefficient (Wildman–Crippen LogP) is 1.40. The number of likely N-dealkylation sites (N-methyl/N-ethyl adjacent to an activating group) is 1. The van der Waals surface area contributed by atoms with Crippen LogP contribution < -0.4 is 0 Å². The van der Waals surface area contributed by atoms with E-state index in [0.29, 0.717) is 0 Å². The monoisotopic (exact) mass is 202 g/mol. The highest BCUT2D eigenvalue weighted by Crippen LogP contribution is 2.23. The molecule has 0 bridgehead atoms. The van der Waals surface area contributed by atoms with Crippen LogP contribution in [0.1, 0.15) is 27.7 Å². The zero-order valence-electron chi connectivity index (χ0n) is 9.00. The predicted molar refractivity (Wildman–Crippen MR) is 56.6 cm³/mol. The van der Waals surface area contributed by atoms with Crippen LogP contribution in [0.4, 0.5) is 0 Å². The molecule has 0 aliphatic carbocycles. The van der Waals surface area contributed by atoms with Crippen LogP contribution in [-0.4, -0.2) is 34.4 Å². The van der Waals surface area contributed by atoms with Gasteiger partial charge >= 0.3 is 0 Å². The summed E-state index contributed by atoms with van der Waals surface area (Å²) < 4.78 is 4.70. The summed E-state index contributed by atoms with van der Waals surface area (Å²) in [4.78, 5) is 11.2. The Morgan fingerprint density at radius 3 is 2.31 bits per heavy atom. The van der Waals surface area contributed by atoms with Crippen molar-refractivity contribution in [1.29, 1.82) is 0 Å². The Labute approximate surface area is 82.6 Å². The van der Waals surface area contributed by atoms with Gasteiger partial charge in [-0.2, -0.15) is 9.48 Å². The van der Waals surface area contributed by atoms with Crippen molar-refractivity contribution in [3.8, 4) is 0 Å². The highest BCUT2D eigenvalue weighted by molar-refractivity contribution is 7.88. The average Bonchev–Trinajstić information content (AvgIpc) is 2.29. The van der Waals surface area contributed by atoms with Crippen molar-refractivity contribution in [2.45, 2.75) is 38.5 Å². The maximum absolute atomic E-state index is 11.2. The number of nitrogens with zero attached hydrogens (tertiary/aromatic N) is 2. The molecule has 0 aromatic heterocycles. The SMILES string of the molecule is CC(=O)[C@@H]1CS(C(C)(C)C)=NN1C. The van der Waals surface area contributed by atoms with E-state index in [9.17, 15) is 4.79 Å². The lowest BCUT2D eigenvalue weighted by Gasteiger charge is -2.19. The van der Waals surface area contributed by atoms with E-state index in [1.807, 2.05) is 12.1 Å². The van der Waals surface area contributed by atoms with Crippen LogP contribution in [0.5, 0.6) is 0 Å². The van der Waals surface area contributed by atoms with Gasteiger partial charge in [0.05, 0.1) is 6.04 Å². The lowest BCUT2D eigenvalue weighted by Crippen LogP contribution is -2.34. The average molecular weight is 202 g/mol. The molecule has 4 heteroatoms. The smallest absolute Gasteiger partial charge is 0.149 e. The molecule has 1 aliphatic heterocycles. The third-order valence-electron chi connectivity index (χ3n) is 2.17. The van der Waals surface area contributed by atoms with Crippen molar-refractivity contribution in [2.75, 3.05) is 12.8 Å². The second-order valence-corrected chi connectivity index (χ2v) is 6.88. The van der Waals surface area contributed by atoms with E-state index in [1.165, 1.54) is 0 Å². The van der Waals surface area contributed by atoms with Crippen LogP contribution in [0.3, 0.4) is 0 Å². The van der Waals surface area contributed by atoms with Gasteiger partial charge in [-0.05, 0) is 27.7 Å². The molecule has 0 radical (unpaired) electrons. The van der Waals surface area contributed by atoms with Gasteiger partial charge in [0.25, 0.3) is 0 Å². The summed E-state index contributed by atoms with van der Waals surface area (Å²) in [5.41, 5.74) is 0. The summed E-state index contributed by atoms with van der Waals surface area (Å²) in [5.74, 6) is 1.13. The lowest BCUT2D eigenvalue weighted by atomic mass is 10.2. The zero-order chi connectivity index (χ0) is 10.2. The van der Waals surface area contributed by atoms with Gasteiger partial charge in [-0.1, -0.05) is 10.7 Å². The summed E-state index contributed by atoms with van der Waals surface area (Å²) in [6.07, 6.45) is 0. The first kappa shape index (κ1) is 10.9. The molecule has 0 saturated carbocycles. The minimum Gasteiger partial charge on any atom is -0.298 e. The highest BCUT2D eigenvalue weighted by atomic mass is 32.2. The molecule has 13 heavy (non-hydrogen) atoms. The molecule has 1 aliphatic rings. The fraction of sp³-hybridized carbons (Fsp3) is 0.889. The van der Waals surface area contributed by atoms with Crippen LogP contribution >= 0.6 is 0 Å². The van der Waals surface area contributed by atoms with E-state index in [2.05, 4.69) is 25.2 Å². The van der Waals surface area contributed by atoms with Gasteiger partial charge in [-0.25, -0.2) is 0 Å². The molecule has 76 valence electrons. The van der Waals surface area contributed by atoms with Crippen LogP contribution in [0, 0.1) is 0 Å². The Morgan fingerprint density at radius 2 is 2.08 bits per heavy atom. The van der Waals surface area contributed by atoms with E-state index in [-0.39, 0.29) is 27.3 Å². The number of carbonyl (C=O) groups excluding carboxylic acids is 1. The molecule has 0 saturated heterocycles. The number of Topliss-reactive ketones (excluding diaryl/α,β-unsaturated/α-hetero) is 1. The minimum atomic E-state index is 0.00475. The molecule has 0 aromatic carbocycles. The van der Waals surface area contributed by atoms with Crippen LogP contribution in [0.15, 0.2) is 4.47 Å². The van der Waals surface area contributed by atoms with E-state index in [0.717, 1.165) is 5.75 Å². The van der Waals surface area contributed by atoms with Crippen LogP contribution in [0.2, 0.25) is 0 Å². The van der Waals surface area contributed by atoms with Crippen LogP contribution in [0.25, 0.3) is 0 Å². The quantitative estimate of drug-likeness (QED) is 0.644. The van der Waals surface area contributed by atoms with Crippen molar-refractivity contribution in [1.82, 2.24) is 5.01 Å². The topological polar surface area (TPSA) is 32.7 Å². The summed E-state index contributed by atoms with van der Waals surface area (Å²) in [7, 11) is 1.90. The van der Waals surface area contributed by atoms with Crippen LogP contribution in [-0.2, 0) is 15.5 Å². The second kappa shape index (κ2) is 3.50. The fourth-order valence-corrected chi connectivity index (χ4v) is 3.24. The van der Waals surface area contributed by atoms with Gasteiger partial charge in [0.2, 0.25) is 0 Å². The summed E-state index contributed by atoms with van der Waals surface area (Å²) in [6.45, 7) is 8.17. The first-order chi connectivity index (χ1) is 5.82. The molecular weight excluding hydrogens is 184 g/mol. The molecule has 0 spiro atoms. The Hall–Kier alpha value is -0.220. The number of ketones is 1. The molecule has 2 atom stereocenters. The molecule has 0 amide bonds. The van der Waals surface area contributed by atoms with Gasteiger partial charge in [-0.3, -0.25) is 4.79 Å². The molecule has 0 aromatic rings. The van der Waals surface area contributed by atoms with Gasteiger partial charge in [-0.15, -0.1) is 0 Å². The summed E-state index contributed by atoms with van der Waals surface area (Å²) in [5, 5.41) is 1.83. The number of hydrogen-bond acceptors (Lipinski definition) is 3. The molecule has 1 heterocycles. The van der Waals surface area contributed by atoms with Crippen molar-refractivity contribution in [2.24, 2.45) is 4.47 Å². The van der Waals surface area contributed by atoms with Gasteiger partial charge in [0, 0.05) is 17.5 Å². The molecule has 0 N–H and O–H groups in total. The Morgan fingerprint density at radius 1 is 1.54 bits per heavy atom. The largest absolute Gasteiger partial charge is 0.298 e. The van der Waals surface area contributed by atoms with Gasteiger partial charge in [0.15, 0.2) is 0 Å². The molecule has 3 nitrogen and oxygen atoms in total. The van der Waals surface area contributed by atoms with Crippen molar-refractivity contribution in [3.63, 3.8) is 0 Å². The third kappa shape index (κ3) is 2.38. The van der Waals surface area contributed by atoms with E-state index in [1.54, 1.807) is 6.92 Å². The number of carbonyl (C=O) groups is 1. The van der Waals surface area contributed by atoms with Gasteiger partial charge in [0.1, 0.15) is 5.78 Å². The zero-order valence-corrected chi connectivity index (χ0v) is 9.81. The molecule has 0 fully saturated rings. The lowest BCUT2D eigenvalue weighted by molar-refractivity contribution is -0.120. The molecule has 1 unspecified atom stereocenters. The number of hydrogen-bond donors (Lipinski definition) is 0. The van der Waals surface area contributed by atoms with Crippen molar-refractivity contribution < 1.29 is 4.79 Å². The van der Waals surface area contributed by atoms with Gasteiger partial charge < -0.3 is 0 Å². The third-order valence-corrected chi connectivity index (χ3v) is 4.67. The molecule has 1 rings (SSSR count). The summed E-state index contributed by atoms with van der Waals surface area (Å²) in [6, 6.07) is 0.0163. The Balaban J connectivity index is 2.77. The van der Waals surface area contributed by atoms with E-state index >= 15 is 0 Å². The first-order valence-corrected chi connectivity index (χ1v) is 5.83. The van der Waals surface area contributed by atoms with E-state index in [4.69, 9.17) is 0 Å². The maximum atomic E-state index is 11.2. The standard InChI is InChI=1S/C9H18N2OS/c1-7(12)8-6-13(9(2,3)4)10-11(8)5/h8H,6H2,1-5H3/t8-,13?/m0/s1. The Bertz CT molecular complexity index is 255.